The maximum Gasteiger partial charge on any atom is 0.324 e. The Morgan fingerprint density at radius 2 is 2.50 bits per heavy atom. The second-order valence-electron chi connectivity index (χ2n) is 3.50. The second-order valence-corrected chi connectivity index (χ2v) is 4.65. The largest absolute Gasteiger partial charge is 0.459 e. The molecule has 2 aliphatic heterocycles. The van der Waals surface area contributed by atoms with Gasteiger partial charge in [0.05, 0.1) is 13.2 Å². The fourth-order valence-electron chi connectivity index (χ4n) is 1.57. The molecule has 2 fully saturated rings. The monoisotopic (exact) mass is 217 g/mol. The van der Waals surface area contributed by atoms with E-state index in [2.05, 4.69) is 5.32 Å². The van der Waals surface area contributed by atoms with Gasteiger partial charge in [-0.3, -0.25) is 4.79 Å². The molecular weight excluding hydrogens is 202 g/mol. The van der Waals surface area contributed by atoms with Crippen LogP contribution in [0.5, 0.6) is 0 Å². The van der Waals surface area contributed by atoms with Crippen LogP contribution in [-0.2, 0) is 14.3 Å². The highest BCUT2D eigenvalue weighted by atomic mass is 32.2. The smallest absolute Gasteiger partial charge is 0.324 e. The highest BCUT2D eigenvalue weighted by molar-refractivity contribution is 7.99. The van der Waals surface area contributed by atoms with Crippen molar-refractivity contribution in [3.05, 3.63) is 0 Å². The van der Waals surface area contributed by atoms with Crippen LogP contribution in [-0.4, -0.2) is 49.4 Å². The third kappa shape index (κ3) is 2.62. The van der Waals surface area contributed by atoms with Crippen molar-refractivity contribution in [3.8, 4) is 0 Å². The van der Waals surface area contributed by atoms with Gasteiger partial charge in [-0.1, -0.05) is 0 Å². The molecule has 0 spiro atoms. The van der Waals surface area contributed by atoms with Gasteiger partial charge in [-0.05, 0) is 0 Å². The van der Waals surface area contributed by atoms with Crippen molar-refractivity contribution in [1.29, 1.82) is 0 Å². The molecule has 14 heavy (non-hydrogen) atoms. The van der Waals surface area contributed by atoms with Crippen molar-refractivity contribution >= 4 is 17.7 Å². The van der Waals surface area contributed by atoms with Gasteiger partial charge >= 0.3 is 5.97 Å². The zero-order valence-electron chi connectivity index (χ0n) is 8.03. The van der Waals surface area contributed by atoms with Gasteiger partial charge in [-0.25, -0.2) is 0 Å². The summed E-state index contributed by atoms with van der Waals surface area (Å²) in [6.07, 6.45) is 0.822. The van der Waals surface area contributed by atoms with Crippen LogP contribution in [0, 0.1) is 0 Å². The van der Waals surface area contributed by atoms with Crippen molar-refractivity contribution in [1.82, 2.24) is 5.32 Å². The predicted molar refractivity (Wildman–Crippen MR) is 54.4 cm³/mol. The topological polar surface area (TPSA) is 47.6 Å². The molecule has 0 bridgehead atoms. The Morgan fingerprint density at radius 1 is 1.57 bits per heavy atom. The summed E-state index contributed by atoms with van der Waals surface area (Å²) in [6.45, 7) is 2.17. The van der Waals surface area contributed by atoms with E-state index in [0.29, 0.717) is 13.2 Å². The second kappa shape index (κ2) is 5.00. The predicted octanol–water partition coefficient (Wildman–Crippen LogP) is 0.0235. The number of hydrogen-bond acceptors (Lipinski definition) is 5. The number of thioether (sulfide) groups is 1. The number of esters is 1. The lowest BCUT2D eigenvalue weighted by atomic mass is 10.3. The fourth-order valence-corrected chi connectivity index (χ4v) is 2.49. The number of ether oxygens (including phenoxy) is 2. The quantitative estimate of drug-likeness (QED) is 0.661. The Hall–Kier alpha value is -0.260. The summed E-state index contributed by atoms with van der Waals surface area (Å²) in [7, 11) is 0. The Balaban J connectivity index is 1.75. The van der Waals surface area contributed by atoms with E-state index in [1.54, 1.807) is 11.8 Å². The summed E-state index contributed by atoms with van der Waals surface area (Å²) in [5, 5.41) is 3.16. The summed E-state index contributed by atoms with van der Waals surface area (Å²) in [5.74, 6) is 1.79. The Bertz CT molecular complexity index is 200. The molecule has 0 saturated carbocycles. The van der Waals surface area contributed by atoms with Gasteiger partial charge in [0, 0.05) is 24.5 Å². The lowest BCUT2D eigenvalue weighted by molar-refractivity contribution is -0.150. The van der Waals surface area contributed by atoms with Gasteiger partial charge < -0.3 is 14.8 Å². The molecule has 80 valence electrons. The summed E-state index contributed by atoms with van der Waals surface area (Å²) in [5.41, 5.74) is 0. The number of carbonyl (C=O) groups excluding carboxylic acids is 1. The van der Waals surface area contributed by atoms with E-state index >= 15 is 0 Å². The normalized spacial score (nSPS) is 32.9. The van der Waals surface area contributed by atoms with E-state index < -0.39 is 0 Å². The van der Waals surface area contributed by atoms with Crippen molar-refractivity contribution in [2.24, 2.45) is 0 Å². The molecule has 0 radical (unpaired) electrons. The average molecular weight is 217 g/mol. The van der Waals surface area contributed by atoms with E-state index in [1.807, 2.05) is 0 Å². The molecule has 0 aromatic carbocycles. The summed E-state index contributed by atoms with van der Waals surface area (Å²) in [6, 6.07) is -0.116. The van der Waals surface area contributed by atoms with Crippen LogP contribution in [0.25, 0.3) is 0 Å². The van der Waals surface area contributed by atoms with Crippen LogP contribution >= 0.6 is 11.8 Å². The van der Waals surface area contributed by atoms with Crippen LogP contribution < -0.4 is 5.32 Å². The van der Waals surface area contributed by atoms with Crippen LogP contribution in [0.2, 0.25) is 0 Å². The van der Waals surface area contributed by atoms with Crippen molar-refractivity contribution in [2.75, 3.05) is 31.3 Å². The Kier molecular flexibility index (Phi) is 3.67. The molecule has 2 heterocycles. The first-order chi connectivity index (χ1) is 6.86. The molecule has 0 aliphatic carbocycles. The van der Waals surface area contributed by atoms with E-state index in [0.717, 1.165) is 24.5 Å². The van der Waals surface area contributed by atoms with Crippen LogP contribution in [0.1, 0.15) is 6.42 Å². The highest BCUT2D eigenvalue weighted by Crippen LogP contribution is 2.13. The molecule has 0 aromatic rings. The molecule has 2 aliphatic rings. The zero-order chi connectivity index (χ0) is 9.80. The van der Waals surface area contributed by atoms with E-state index in [9.17, 15) is 4.79 Å². The number of nitrogens with one attached hydrogen (secondary N) is 1. The third-order valence-electron chi connectivity index (χ3n) is 2.38. The van der Waals surface area contributed by atoms with Crippen molar-refractivity contribution in [2.45, 2.75) is 18.6 Å². The maximum absolute atomic E-state index is 11.6. The minimum Gasteiger partial charge on any atom is -0.459 e. The lowest BCUT2D eigenvalue weighted by Gasteiger charge is -2.22. The minimum atomic E-state index is -0.118. The molecule has 1 N–H and O–H groups in total. The summed E-state index contributed by atoms with van der Waals surface area (Å²) < 4.78 is 10.5. The molecular formula is C9H15NO3S. The first-order valence-electron chi connectivity index (χ1n) is 4.95. The van der Waals surface area contributed by atoms with Crippen LogP contribution in [0.4, 0.5) is 0 Å². The first kappa shape index (κ1) is 10.3. The Morgan fingerprint density at radius 3 is 3.14 bits per heavy atom. The van der Waals surface area contributed by atoms with Gasteiger partial charge in [0.15, 0.2) is 0 Å². The maximum atomic E-state index is 11.6. The van der Waals surface area contributed by atoms with Gasteiger partial charge in [-0.15, -0.1) is 0 Å². The molecule has 2 atom stereocenters. The molecule has 5 heteroatoms. The lowest BCUT2D eigenvalue weighted by Crippen LogP contribution is -2.45. The Labute approximate surface area is 87.7 Å². The molecule has 0 aromatic heterocycles. The van der Waals surface area contributed by atoms with Crippen molar-refractivity contribution < 1.29 is 14.3 Å². The van der Waals surface area contributed by atoms with Crippen LogP contribution in [0.15, 0.2) is 0 Å². The van der Waals surface area contributed by atoms with E-state index in [4.69, 9.17) is 9.47 Å². The number of carbonyl (C=O) groups is 1. The summed E-state index contributed by atoms with van der Waals surface area (Å²) >= 11 is 1.79. The average Bonchev–Trinajstić information content (AvgIpc) is 2.72. The molecule has 2 rings (SSSR count). The van der Waals surface area contributed by atoms with Gasteiger partial charge in [0.25, 0.3) is 0 Å². The zero-order valence-corrected chi connectivity index (χ0v) is 8.85. The minimum absolute atomic E-state index is 0.0174. The third-order valence-corrected chi connectivity index (χ3v) is 3.44. The van der Waals surface area contributed by atoms with E-state index in [-0.39, 0.29) is 18.1 Å². The standard InChI is InChI=1S/C9H15NO3S/c11-9(8-6-14-4-2-10-8)13-7-1-3-12-5-7/h7-8,10H,1-6H2. The van der Waals surface area contributed by atoms with Crippen LogP contribution in [0.3, 0.4) is 0 Å². The first-order valence-corrected chi connectivity index (χ1v) is 6.11. The molecule has 4 nitrogen and oxygen atoms in total. The summed E-state index contributed by atoms with van der Waals surface area (Å²) in [4.78, 5) is 11.6. The van der Waals surface area contributed by atoms with Gasteiger partial charge in [0.1, 0.15) is 12.1 Å². The number of hydrogen-bond donors (Lipinski definition) is 1. The molecule has 0 amide bonds. The SMILES string of the molecule is O=C(OC1CCOC1)C1CSCCN1. The number of rotatable bonds is 2. The highest BCUT2D eigenvalue weighted by Gasteiger charge is 2.26. The molecule has 2 unspecified atom stereocenters. The van der Waals surface area contributed by atoms with Gasteiger partial charge in [-0.2, -0.15) is 11.8 Å². The molecule has 2 saturated heterocycles. The van der Waals surface area contributed by atoms with Crippen molar-refractivity contribution in [3.63, 3.8) is 0 Å². The fraction of sp³-hybridized carbons (Fsp3) is 0.889. The van der Waals surface area contributed by atoms with Gasteiger partial charge in [0.2, 0.25) is 0 Å². The van der Waals surface area contributed by atoms with E-state index in [1.165, 1.54) is 0 Å².